The van der Waals surface area contributed by atoms with Crippen LogP contribution in [0.25, 0.3) is 0 Å². The molecule has 120 valence electrons. The van der Waals surface area contributed by atoms with E-state index in [0.29, 0.717) is 19.7 Å². The van der Waals surface area contributed by atoms with Crippen LogP contribution in [0.15, 0.2) is 18.2 Å². The van der Waals surface area contributed by atoms with Crippen LogP contribution in [0, 0.1) is 0 Å². The van der Waals surface area contributed by atoms with Crippen molar-refractivity contribution in [2.75, 3.05) is 46.5 Å². The van der Waals surface area contributed by atoms with Crippen molar-refractivity contribution in [1.82, 2.24) is 10.2 Å². The molecule has 1 aromatic rings. The highest BCUT2D eigenvalue weighted by Gasteiger charge is 2.11. The van der Waals surface area contributed by atoms with E-state index >= 15 is 0 Å². The highest BCUT2D eigenvalue weighted by atomic mass is 16.5. The summed E-state index contributed by atoms with van der Waals surface area (Å²) in [4.78, 5) is 2.32. The van der Waals surface area contributed by atoms with Gasteiger partial charge >= 0.3 is 0 Å². The van der Waals surface area contributed by atoms with E-state index in [1.54, 1.807) is 7.11 Å². The standard InChI is InChI=1S/C16H28N2O3/c1-4-18(5-2)10-12-21-16-14(13-17-9-11-19)7-6-8-15(16)20-3/h6-8,17,19H,4-5,9-13H2,1-3H3. The lowest BCUT2D eigenvalue weighted by molar-refractivity contribution is 0.215. The molecule has 0 saturated heterocycles. The molecule has 0 unspecified atom stereocenters. The molecule has 0 fully saturated rings. The summed E-state index contributed by atoms with van der Waals surface area (Å²) in [6, 6.07) is 5.87. The van der Waals surface area contributed by atoms with E-state index in [-0.39, 0.29) is 6.61 Å². The first-order valence-electron chi connectivity index (χ1n) is 7.59. The van der Waals surface area contributed by atoms with Gasteiger partial charge in [-0.3, -0.25) is 0 Å². The van der Waals surface area contributed by atoms with Gasteiger partial charge in [-0.15, -0.1) is 0 Å². The fourth-order valence-electron chi connectivity index (χ4n) is 2.14. The van der Waals surface area contributed by atoms with Crippen molar-refractivity contribution in [2.24, 2.45) is 0 Å². The van der Waals surface area contributed by atoms with Crippen molar-refractivity contribution in [3.63, 3.8) is 0 Å². The van der Waals surface area contributed by atoms with Gasteiger partial charge in [0, 0.05) is 25.2 Å². The first-order valence-corrected chi connectivity index (χ1v) is 7.59. The Hall–Kier alpha value is -1.30. The summed E-state index contributed by atoms with van der Waals surface area (Å²) in [5.74, 6) is 1.54. The second-order valence-electron chi connectivity index (χ2n) is 4.72. The van der Waals surface area contributed by atoms with Crippen LogP contribution in [-0.2, 0) is 6.54 Å². The predicted octanol–water partition coefficient (Wildman–Crippen LogP) is 1.50. The molecule has 0 heterocycles. The van der Waals surface area contributed by atoms with Crippen molar-refractivity contribution in [3.8, 4) is 11.5 Å². The van der Waals surface area contributed by atoms with E-state index in [1.165, 1.54) is 0 Å². The number of hydrogen-bond acceptors (Lipinski definition) is 5. The highest BCUT2D eigenvalue weighted by Crippen LogP contribution is 2.31. The monoisotopic (exact) mass is 296 g/mol. The Morgan fingerprint density at radius 2 is 2.00 bits per heavy atom. The van der Waals surface area contributed by atoms with Gasteiger partial charge < -0.3 is 24.8 Å². The topological polar surface area (TPSA) is 54.0 Å². The third-order valence-corrected chi connectivity index (χ3v) is 3.43. The highest BCUT2D eigenvalue weighted by molar-refractivity contribution is 5.46. The molecule has 1 rings (SSSR count). The lowest BCUT2D eigenvalue weighted by Gasteiger charge is -2.20. The van der Waals surface area contributed by atoms with Crippen LogP contribution < -0.4 is 14.8 Å². The minimum Gasteiger partial charge on any atom is -0.493 e. The Balaban J connectivity index is 2.67. The lowest BCUT2D eigenvalue weighted by atomic mass is 10.2. The largest absolute Gasteiger partial charge is 0.493 e. The maximum atomic E-state index is 8.85. The lowest BCUT2D eigenvalue weighted by Crippen LogP contribution is -2.28. The molecule has 0 aliphatic heterocycles. The van der Waals surface area contributed by atoms with Crippen LogP contribution in [0.1, 0.15) is 19.4 Å². The first-order chi connectivity index (χ1) is 10.3. The number of nitrogens with zero attached hydrogens (tertiary/aromatic N) is 1. The van der Waals surface area contributed by atoms with E-state index in [9.17, 15) is 0 Å². The van der Waals surface area contributed by atoms with Crippen LogP contribution in [0.4, 0.5) is 0 Å². The van der Waals surface area contributed by atoms with Gasteiger partial charge in [-0.25, -0.2) is 0 Å². The maximum absolute atomic E-state index is 8.85. The zero-order valence-electron chi connectivity index (χ0n) is 13.4. The van der Waals surface area contributed by atoms with Crippen LogP contribution >= 0.6 is 0 Å². The Labute approximate surface area is 127 Å². The molecule has 5 heteroatoms. The number of nitrogens with one attached hydrogen (secondary N) is 1. The van der Waals surface area contributed by atoms with Crippen molar-refractivity contribution < 1.29 is 14.6 Å². The summed E-state index contributed by atoms with van der Waals surface area (Å²) in [7, 11) is 1.65. The molecule has 0 aromatic heterocycles. The molecule has 0 atom stereocenters. The molecule has 0 bridgehead atoms. The number of ether oxygens (including phenoxy) is 2. The quantitative estimate of drug-likeness (QED) is 0.606. The average Bonchev–Trinajstić information content (AvgIpc) is 2.52. The molecule has 1 aromatic carbocycles. The van der Waals surface area contributed by atoms with E-state index in [1.807, 2.05) is 18.2 Å². The molecule has 5 nitrogen and oxygen atoms in total. The molecule has 21 heavy (non-hydrogen) atoms. The van der Waals surface area contributed by atoms with E-state index in [2.05, 4.69) is 24.1 Å². The van der Waals surface area contributed by atoms with Crippen LogP contribution in [-0.4, -0.2) is 56.5 Å². The van der Waals surface area contributed by atoms with Gasteiger partial charge in [0.25, 0.3) is 0 Å². The molecule has 0 saturated carbocycles. The molecule has 0 aliphatic carbocycles. The molecule has 0 amide bonds. The number of likely N-dealkylation sites (N-methyl/N-ethyl adjacent to an activating group) is 1. The smallest absolute Gasteiger partial charge is 0.165 e. The normalized spacial score (nSPS) is 10.9. The fraction of sp³-hybridized carbons (Fsp3) is 0.625. The van der Waals surface area contributed by atoms with Gasteiger partial charge in [0.2, 0.25) is 0 Å². The van der Waals surface area contributed by atoms with Gasteiger partial charge in [-0.1, -0.05) is 26.0 Å². The third-order valence-electron chi connectivity index (χ3n) is 3.43. The van der Waals surface area contributed by atoms with Crippen LogP contribution in [0.5, 0.6) is 11.5 Å². The van der Waals surface area contributed by atoms with Crippen LogP contribution in [0.3, 0.4) is 0 Å². The van der Waals surface area contributed by atoms with Gasteiger partial charge in [-0.05, 0) is 19.2 Å². The van der Waals surface area contributed by atoms with Crippen molar-refractivity contribution >= 4 is 0 Å². The third kappa shape index (κ3) is 5.91. The Morgan fingerprint density at radius 1 is 1.24 bits per heavy atom. The first kappa shape index (κ1) is 17.8. The Morgan fingerprint density at radius 3 is 2.62 bits per heavy atom. The zero-order chi connectivity index (χ0) is 15.5. The number of aliphatic hydroxyl groups is 1. The molecule has 0 radical (unpaired) electrons. The van der Waals surface area contributed by atoms with Crippen molar-refractivity contribution in [1.29, 1.82) is 0 Å². The molecule has 0 aliphatic rings. The molecule has 0 spiro atoms. The van der Waals surface area contributed by atoms with Crippen molar-refractivity contribution in [3.05, 3.63) is 23.8 Å². The number of aliphatic hydroxyl groups excluding tert-OH is 1. The van der Waals surface area contributed by atoms with Crippen molar-refractivity contribution in [2.45, 2.75) is 20.4 Å². The molecular weight excluding hydrogens is 268 g/mol. The number of methoxy groups -OCH3 is 1. The zero-order valence-corrected chi connectivity index (χ0v) is 13.4. The maximum Gasteiger partial charge on any atom is 0.165 e. The summed E-state index contributed by atoms with van der Waals surface area (Å²) in [5, 5.41) is 12.0. The number of benzene rings is 1. The van der Waals surface area contributed by atoms with E-state index in [0.717, 1.165) is 36.7 Å². The summed E-state index contributed by atoms with van der Waals surface area (Å²) in [6.07, 6.45) is 0. The van der Waals surface area contributed by atoms with Gasteiger partial charge in [0.1, 0.15) is 6.61 Å². The van der Waals surface area contributed by atoms with Crippen LogP contribution in [0.2, 0.25) is 0 Å². The summed E-state index contributed by atoms with van der Waals surface area (Å²) in [6.45, 7) is 9.22. The van der Waals surface area contributed by atoms with Gasteiger partial charge in [0.15, 0.2) is 11.5 Å². The fourth-order valence-corrected chi connectivity index (χ4v) is 2.14. The van der Waals surface area contributed by atoms with E-state index in [4.69, 9.17) is 14.6 Å². The minimum atomic E-state index is 0.127. The molecule has 2 N–H and O–H groups in total. The number of rotatable bonds is 11. The SMILES string of the molecule is CCN(CC)CCOc1c(CNCCO)cccc1OC. The molecular formula is C16H28N2O3. The van der Waals surface area contributed by atoms with Gasteiger partial charge in [-0.2, -0.15) is 0 Å². The second kappa shape index (κ2) is 10.4. The predicted molar refractivity (Wildman–Crippen MR) is 85.1 cm³/mol. The Kier molecular flexibility index (Phi) is 8.82. The summed E-state index contributed by atoms with van der Waals surface area (Å²) >= 11 is 0. The summed E-state index contributed by atoms with van der Waals surface area (Å²) in [5.41, 5.74) is 1.04. The minimum absolute atomic E-state index is 0.127. The Bertz CT molecular complexity index is 395. The number of para-hydroxylation sites is 1. The average molecular weight is 296 g/mol. The van der Waals surface area contributed by atoms with Gasteiger partial charge in [0.05, 0.1) is 13.7 Å². The second-order valence-corrected chi connectivity index (χ2v) is 4.72. The van der Waals surface area contributed by atoms with E-state index < -0.39 is 0 Å². The summed E-state index contributed by atoms with van der Waals surface area (Å²) < 4.78 is 11.3. The number of hydrogen-bond donors (Lipinski definition) is 2.